The Bertz CT molecular complexity index is 781. The van der Waals surface area contributed by atoms with Crippen molar-refractivity contribution < 1.29 is 8.42 Å². The van der Waals surface area contributed by atoms with E-state index in [-0.39, 0.29) is 0 Å². The lowest BCUT2D eigenvalue weighted by Crippen LogP contribution is -2.48. The van der Waals surface area contributed by atoms with Crippen molar-refractivity contribution in [1.29, 1.82) is 0 Å². The van der Waals surface area contributed by atoms with E-state index in [1.807, 2.05) is 0 Å². The van der Waals surface area contributed by atoms with Gasteiger partial charge in [0.15, 0.2) is 0 Å². The van der Waals surface area contributed by atoms with Gasteiger partial charge in [-0.1, -0.05) is 45.8 Å². The van der Waals surface area contributed by atoms with Gasteiger partial charge in [-0.2, -0.15) is 4.31 Å². The molecule has 0 unspecified atom stereocenters. The van der Waals surface area contributed by atoms with Crippen molar-refractivity contribution in [2.75, 3.05) is 26.2 Å². The van der Waals surface area contributed by atoms with Gasteiger partial charge in [-0.15, -0.1) is 0 Å². The smallest absolute Gasteiger partial charge is 0.243 e. The summed E-state index contributed by atoms with van der Waals surface area (Å²) in [5.41, 5.74) is 2.52. The minimum absolute atomic E-state index is 0.359. The monoisotopic (exact) mass is 408 g/mol. The first-order valence-electron chi connectivity index (χ1n) is 7.99. The Hall–Kier alpha value is -1.21. The van der Waals surface area contributed by atoms with E-state index in [0.29, 0.717) is 18.0 Å². The Morgan fingerprint density at radius 1 is 0.917 bits per heavy atom. The highest BCUT2D eigenvalue weighted by atomic mass is 79.9. The van der Waals surface area contributed by atoms with Crippen LogP contribution in [0.4, 0.5) is 0 Å². The summed E-state index contributed by atoms with van der Waals surface area (Å²) in [6.45, 7) is 5.52. The van der Waals surface area contributed by atoms with Gasteiger partial charge in [-0.25, -0.2) is 8.42 Å². The van der Waals surface area contributed by atoms with Crippen molar-refractivity contribution in [2.24, 2.45) is 0 Å². The third-order valence-corrected chi connectivity index (χ3v) is 6.75. The van der Waals surface area contributed by atoms with Gasteiger partial charge < -0.3 is 0 Å². The Morgan fingerprint density at radius 3 is 2.08 bits per heavy atom. The van der Waals surface area contributed by atoms with Crippen molar-refractivity contribution in [1.82, 2.24) is 9.21 Å². The van der Waals surface area contributed by atoms with E-state index in [2.05, 4.69) is 52.0 Å². The molecular formula is C18H21BrN2O2S. The van der Waals surface area contributed by atoms with Gasteiger partial charge in [0.05, 0.1) is 4.90 Å². The molecule has 0 aromatic heterocycles. The molecule has 2 aromatic rings. The lowest BCUT2D eigenvalue weighted by Gasteiger charge is -2.34. The normalized spacial score (nSPS) is 17.1. The Kier molecular flexibility index (Phi) is 5.39. The average Bonchev–Trinajstić information content (AvgIpc) is 2.58. The van der Waals surface area contributed by atoms with Crippen molar-refractivity contribution >= 4 is 26.0 Å². The Morgan fingerprint density at radius 2 is 1.50 bits per heavy atom. The molecule has 0 spiro atoms. The number of piperazine rings is 1. The number of sulfonamides is 1. The summed E-state index contributed by atoms with van der Waals surface area (Å²) in [5, 5.41) is 0. The predicted molar refractivity (Wildman–Crippen MR) is 99.4 cm³/mol. The zero-order chi connectivity index (χ0) is 17.2. The summed E-state index contributed by atoms with van der Waals surface area (Å²) in [7, 11) is -3.39. The first-order valence-corrected chi connectivity index (χ1v) is 10.2. The van der Waals surface area contributed by atoms with Crippen molar-refractivity contribution in [2.45, 2.75) is 18.4 Å². The molecule has 0 radical (unpaired) electrons. The predicted octanol–water partition coefficient (Wildman–Crippen LogP) is 3.26. The summed E-state index contributed by atoms with van der Waals surface area (Å²) in [6.07, 6.45) is 0. The van der Waals surface area contributed by atoms with Crippen molar-refractivity contribution in [3.05, 3.63) is 64.1 Å². The van der Waals surface area contributed by atoms with Gasteiger partial charge in [-0.05, 0) is 36.8 Å². The molecular weight excluding hydrogens is 388 g/mol. The standard InChI is InChI=1S/C18H21BrN2O2S/c1-15-2-4-16(5-3-15)14-20-10-12-21(13-11-20)24(22,23)18-8-6-17(19)7-9-18/h2-9H,10-14H2,1H3. The van der Waals surface area contributed by atoms with Crippen LogP contribution in [0.25, 0.3) is 0 Å². The average molecular weight is 409 g/mol. The third kappa shape index (κ3) is 4.06. The summed E-state index contributed by atoms with van der Waals surface area (Å²) in [4.78, 5) is 2.66. The fourth-order valence-electron chi connectivity index (χ4n) is 2.84. The molecule has 0 amide bonds. The van der Waals surface area contributed by atoms with Crippen LogP contribution in [0.5, 0.6) is 0 Å². The molecule has 4 nitrogen and oxygen atoms in total. The van der Waals surface area contributed by atoms with E-state index in [1.165, 1.54) is 11.1 Å². The first kappa shape index (κ1) is 17.6. The van der Waals surface area contributed by atoms with Crippen LogP contribution < -0.4 is 0 Å². The van der Waals surface area contributed by atoms with Crippen LogP contribution >= 0.6 is 15.9 Å². The highest BCUT2D eigenvalue weighted by Crippen LogP contribution is 2.20. The molecule has 2 aromatic carbocycles. The molecule has 0 N–H and O–H groups in total. The molecule has 1 heterocycles. The number of aryl methyl sites for hydroxylation is 1. The van der Waals surface area contributed by atoms with Crippen LogP contribution in [0.2, 0.25) is 0 Å². The summed E-state index contributed by atoms with van der Waals surface area (Å²) in [5.74, 6) is 0. The lowest BCUT2D eigenvalue weighted by molar-refractivity contribution is 0.181. The van der Waals surface area contributed by atoms with Crippen LogP contribution in [0.1, 0.15) is 11.1 Å². The number of halogens is 1. The first-order chi connectivity index (χ1) is 11.4. The molecule has 1 fully saturated rings. The largest absolute Gasteiger partial charge is 0.296 e. The molecule has 24 heavy (non-hydrogen) atoms. The van der Waals surface area contributed by atoms with Gasteiger partial charge >= 0.3 is 0 Å². The zero-order valence-electron chi connectivity index (χ0n) is 13.7. The number of rotatable bonds is 4. The highest BCUT2D eigenvalue weighted by molar-refractivity contribution is 9.10. The molecule has 0 aliphatic carbocycles. The van der Waals surface area contributed by atoms with Crippen LogP contribution in [0, 0.1) is 6.92 Å². The van der Waals surface area contributed by atoms with Gasteiger partial charge in [-0.3, -0.25) is 4.90 Å². The maximum atomic E-state index is 12.7. The third-order valence-electron chi connectivity index (χ3n) is 4.31. The molecule has 0 atom stereocenters. The molecule has 1 aliphatic rings. The fourth-order valence-corrected chi connectivity index (χ4v) is 4.52. The van der Waals surface area contributed by atoms with Crippen molar-refractivity contribution in [3.8, 4) is 0 Å². The maximum Gasteiger partial charge on any atom is 0.243 e. The van der Waals surface area contributed by atoms with E-state index in [4.69, 9.17) is 0 Å². The van der Waals surface area contributed by atoms with Gasteiger partial charge in [0.2, 0.25) is 10.0 Å². The van der Waals surface area contributed by atoms with Crippen LogP contribution in [-0.2, 0) is 16.6 Å². The molecule has 3 rings (SSSR count). The van der Waals surface area contributed by atoms with E-state index in [0.717, 1.165) is 24.1 Å². The van der Waals surface area contributed by atoms with Gasteiger partial charge in [0, 0.05) is 37.2 Å². The second-order valence-corrected chi connectivity index (χ2v) is 8.97. The summed E-state index contributed by atoms with van der Waals surface area (Å²) in [6, 6.07) is 15.3. The molecule has 1 aliphatic heterocycles. The zero-order valence-corrected chi connectivity index (χ0v) is 16.1. The summed E-state index contributed by atoms with van der Waals surface area (Å²) >= 11 is 3.34. The number of nitrogens with zero attached hydrogens (tertiary/aromatic N) is 2. The minimum atomic E-state index is -3.39. The number of hydrogen-bond acceptors (Lipinski definition) is 3. The van der Waals surface area contributed by atoms with Crippen LogP contribution in [0.15, 0.2) is 57.9 Å². The van der Waals surface area contributed by atoms with Crippen LogP contribution in [0.3, 0.4) is 0 Å². The Balaban J connectivity index is 1.62. The summed E-state index contributed by atoms with van der Waals surface area (Å²) < 4.78 is 27.9. The van der Waals surface area contributed by atoms with E-state index < -0.39 is 10.0 Å². The maximum absolute atomic E-state index is 12.7. The topological polar surface area (TPSA) is 40.6 Å². The number of hydrogen-bond donors (Lipinski definition) is 0. The van der Waals surface area contributed by atoms with Gasteiger partial charge in [0.25, 0.3) is 0 Å². The second-order valence-electron chi connectivity index (χ2n) is 6.12. The quantitative estimate of drug-likeness (QED) is 0.779. The number of benzene rings is 2. The molecule has 0 saturated carbocycles. The van der Waals surface area contributed by atoms with Crippen LogP contribution in [-0.4, -0.2) is 43.8 Å². The molecule has 0 bridgehead atoms. The van der Waals surface area contributed by atoms with E-state index in [1.54, 1.807) is 28.6 Å². The molecule has 6 heteroatoms. The molecule has 128 valence electrons. The SMILES string of the molecule is Cc1ccc(CN2CCN(S(=O)(=O)c3ccc(Br)cc3)CC2)cc1. The highest BCUT2D eigenvalue weighted by Gasteiger charge is 2.28. The lowest BCUT2D eigenvalue weighted by atomic mass is 10.1. The van der Waals surface area contributed by atoms with Gasteiger partial charge in [0.1, 0.15) is 0 Å². The Labute approximate surface area is 152 Å². The minimum Gasteiger partial charge on any atom is -0.296 e. The van der Waals surface area contributed by atoms with E-state index in [9.17, 15) is 8.42 Å². The second kappa shape index (κ2) is 7.35. The van der Waals surface area contributed by atoms with E-state index >= 15 is 0 Å². The fraction of sp³-hybridized carbons (Fsp3) is 0.333. The van der Waals surface area contributed by atoms with Crippen molar-refractivity contribution in [3.63, 3.8) is 0 Å². The molecule has 1 saturated heterocycles.